The van der Waals surface area contributed by atoms with Crippen molar-refractivity contribution in [3.05, 3.63) is 143 Å². The van der Waals surface area contributed by atoms with Crippen molar-refractivity contribution in [3.63, 3.8) is 0 Å². The lowest BCUT2D eigenvalue weighted by atomic mass is 10.2. The van der Waals surface area contributed by atoms with Gasteiger partial charge in [0.25, 0.3) is 0 Å². The first-order valence-corrected chi connectivity index (χ1v) is 15.7. The quantitative estimate of drug-likeness (QED) is 0.195. The van der Waals surface area contributed by atoms with Gasteiger partial charge in [0.05, 0.1) is 29.1 Å². The average molecular weight is 630 g/mol. The molecule has 0 spiro atoms. The molecule has 0 saturated carbocycles. The van der Waals surface area contributed by atoms with Crippen LogP contribution >= 0.6 is 11.8 Å². The molecule has 46 heavy (non-hydrogen) atoms. The Morgan fingerprint density at radius 2 is 1.59 bits per heavy atom. The molecule has 1 N–H and O–H groups in total. The molecule has 0 aliphatic heterocycles. The number of thioether (sulfide) groups is 1. The molecule has 0 fully saturated rings. The number of para-hydroxylation sites is 1. The maximum Gasteiger partial charge on any atom is 0.348 e. The van der Waals surface area contributed by atoms with Gasteiger partial charge in [-0.25, -0.2) is 23.7 Å². The second kappa shape index (κ2) is 13.1. The van der Waals surface area contributed by atoms with Crippen molar-refractivity contribution in [1.82, 2.24) is 23.7 Å². The minimum absolute atomic E-state index is 0.0455. The number of hydrogen-bond donors (Lipinski definition) is 1. The monoisotopic (exact) mass is 629 g/mol. The van der Waals surface area contributed by atoms with Crippen molar-refractivity contribution in [3.8, 4) is 28.6 Å². The van der Waals surface area contributed by atoms with E-state index in [4.69, 9.17) is 9.72 Å². The number of hydrogen-bond acceptors (Lipinski definition) is 6. The number of carbonyl (C=O) groups is 1. The maximum atomic E-state index is 14.5. The molecule has 11 heteroatoms. The van der Waals surface area contributed by atoms with Gasteiger partial charge in [0.1, 0.15) is 5.75 Å². The van der Waals surface area contributed by atoms with Crippen LogP contribution in [0.1, 0.15) is 16.8 Å². The molecular formula is C35H31N7O3S. The number of aryl methyl sites for hydroxylation is 3. The van der Waals surface area contributed by atoms with Crippen molar-refractivity contribution >= 4 is 23.5 Å². The number of benzene rings is 4. The highest BCUT2D eigenvalue weighted by molar-refractivity contribution is 7.98. The summed E-state index contributed by atoms with van der Waals surface area (Å²) in [6.07, 6.45) is 5.40. The molecule has 10 nitrogen and oxygen atoms in total. The lowest BCUT2D eigenvalue weighted by Gasteiger charge is -2.17. The lowest BCUT2D eigenvalue weighted by Crippen LogP contribution is -2.42. The summed E-state index contributed by atoms with van der Waals surface area (Å²) >= 11 is 1.27. The van der Waals surface area contributed by atoms with Gasteiger partial charge in [0.15, 0.2) is 10.9 Å². The van der Waals surface area contributed by atoms with E-state index in [9.17, 15) is 9.59 Å². The van der Waals surface area contributed by atoms with E-state index in [1.54, 1.807) is 24.5 Å². The van der Waals surface area contributed by atoms with E-state index in [2.05, 4.69) is 15.3 Å². The number of carbonyl (C=O) groups excluding carboxylic acids is 1. The topological polar surface area (TPSA) is 108 Å². The molecule has 6 rings (SSSR count). The highest BCUT2D eigenvalue weighted by atomic mass is 32.2. The summed E-state index contributed by atoms with van der Waals surface area (Å²) in [5, 5.41) is 3.13. The number of aromatic nitrogens is 5. The summed E-state index contributed by atoms with van der Waals surface area (Å²) in [6, 6.07) is 29.1. The van der Waals surface area contributed by atoms with Crippen LogP contribution < -0.4 is 21.4 Å². The molecule has 6 aromatic rings. The van der Waals surface area contributed by atoms with Crippen LogP contribution in [-0.2, 0) is 0 Å². The Hall–Kier alpha value is -5.68. The van der Waals surface area contributed by atoms with Gasteiger partial charge in [0, 0.05) is 11.9 Å². The SMILES string of the molecule is CSc1nc(=NC(=O)Nc2cccc(C)c2)n(-c2cccc(C)c2)c(=O)n1-c1ccc(Oc2ccccc2)c(-n2cnc(C)c2)c1. The van der Waals surface area contributed by atoms with Gasteiger partial charge in [-0.3, -0.25) is 0 Å². The molecule has 2 amide bonds. The largest absolute Gasteiger partial charge is 0.455 e. The lowest BCUT2D eigenvalue weighted by molar-refractivity contribution is 0.258. The Morgan fingerprint density at radius 1 is 0.848 bits per heavy atom. The fourth-order valence-corrected chi connectivity index (χ4v) is 5.48. The first kappa shape index (κ1) is 30.4. The second-order valence-electron chi connectivity index (χ2n) is 10.6. The van der Waals surface area contributed by atoms with E-state index in [0.29, 0.717) is 39.4 Å². The second-order valence-corrected chi connectivity index (χ2v) is 11.4. The summed E-state index contributed by atoms with van der Waals surface area (Å²) in [7, 11) is 0. The third kappa shape index (κ3) is 6.54. The van der Waals surface area contributed by atoms with Gasteiger partial charge in [0.2, 0.25) is 5.62 Å². The molecule has 2 aromatic heterocycles. The normalized spacial score (nSPS) is 11.4. The Labute approximate surface area is 269 Å². The molecule has 0 unspecified atom stereocenters. The van der Waals surface area contributed by atoms with Gasteiger partial charge in [-0.2, -0.15) is 9.98 Å². The number of imidazole rings is 1. The molecule has 0 aliphatic rings. The van der Waals surface area contributed by atoms with Crippen LogP contribution in [0.25, 0.3) is 17.1 Å². The van der Waals surface area contributed by atoms with Crippen molar-refractivity contribution in [2.24, 2.45) is 4.99 Å². The van der Waals surface area contributed by atoms with Crippen molar-refractivity contribution in [2.75, 3.05) is 11.6 Å². The third-order valence-corrected chi connectivity index (χ3v) is 7.68. The van der Waals surface area contributed by atoms with Crippen LogP contribution in [0.5, 0.6) is 11.5 Å². The Kier molecular flexibility index (Phi) is 8.66. The minimum atomic E-state index is -0.649. The predicted octanol–water partition coefficient (Wildman–Crippen LogP) is 6.78. The van der Waals surface area contributed by atoms with Gasteiger partial charge in [-0.05, 0) is 92.8 Å². The van der Waals surface area contributed by atoms with Crippen molar-refractivity contribution < 1.29 is 9.53 Å². The smallest absolute Gasteiger partial charge is 0.348 e. The number of rotatable bonds is 7. The Morgan fingerprint density at radius 3 is 2.28 bits per heavy atom. The van der Waals surface area contributed by atoms with Gasteiger partial charge < -0.3 is 14.6 Å². The number of amides is 2. The van der Waals surface area contributed by atoms with Gasteiger partial charge in [-0.15, -0.1) is 0 Å². The molecule has 230 valence electrons. The van der Waals surface area contributed by atoms with E-state index < -0.39 is 11.7 Å². The number of nitrogens with one attached hydrogen (secondary N) is 1. The van der Waals surface area contributed by atoms with Crippen LogP contribution in [0, 0.1) is 20.8 Å². The van der Waals surface area contributed by atoms with Gasteiger partial charge in [-0.1, -0.05) is 54.2 Å². The Balaban J connectivity index is 1.54. The number of nitrogens with zero attached hydrogens (tertiary/aromatic N) is 6. The summed E-state index contributed by atoms with van der Waals surface area (Å²) in [5.74, 6) is 1.24. The fraction of sp³-hybridized carbons (Fsp3) is 0.114. The van der Waals surface area contributed by atoms with E-state index in [1.165, 1.54) is 20.9 Å². The number of ether oxygens (including phenoxy) is 1. The molecular weight excluding hydrogens is 598 g/mol. The van der Waals surface area contributed by atoms with Crippen LogP contribution in [0.3, 0.4) is 0 Å². The highest BCUT2D eigenvalue weighted by Gasteiger charge is 2.18. The van der Waals surface area contributed by atoms with Crippen LogP contribution in [0.2, 0.25) is 0 Å². The summed E-state index contributed by atoms with van der Waals surface area (Å²) in [4.78, 5) is 41.1. The molecule has 2 heterocycles. The highest BCUT2D eigenvalue weighted by Crippen LogP contribution is 2.31. The third-order valence-electron chi connectivity index (χ3n) is 7.04. The standard InChI is InChI=1S/C35H31N7O3S/c1-23-10-8-12-26(18-23)37-33(43)38-32-39-34(46-4)42(35(44)41(32)27-13-9-11-24(2)19-27)28-16-17-31(45-29-14-6-5-7-15-29)30(20-28)40-21-25(3)36-22-40/h5-22H,1-4H3,(H,37,43). The summed E-state index contributed by atoms with van der Waals surface area (Å²) in [5.41, 5.74) is 4.59. The zero-order chi connectivity index (χ0) is 32.2. The first-order valence-electron chi connectivity index (χ1n) is 14.5. The van der Waals surface area contributed by atoms with E-state index in [0.717, 1.165) is 16.8 Å². The predicted molar refractivity (Wildman–Crippen MR) is 180 cm³/mol. The molecule has 0 aliphatic carbocycles. The van der Waals surface area contributed by atoms with E-state index >= 15 is 0 Å². The van der Waals surface area contributed by atoms with Crippen LogP contribution in [0.15, 0.2) is 125 Å². The molecule has 0 bridgehead atoms. The van der Waals surface area contributed by atoms with Crippen molar-refractivity contribution in [2.45, 2.75) is 25.9 Å². The minimum Gasteiger partial charge on any atom is -0.455 e. The summed E-state index contributed by atoms with van der Waals surface area (Å²) < 4.78 is 11.0. The van der Waals surface area contributed by atoms with E-state index in [1.807, 2.05) is 117 Å². The van der Waals surface area contributed by atoms with Crippen molar-refractivity contribution in [1.29, 1.82) is 0 Å². The van der Waals surface area contributed by atoms with Crippen LogP contribution in [-0.4, -0.2) is 36.0 Å². The fourth-order valence-electron chi connectivity index (χ4n) is 4.95. The Bertz CT molecular complexity index is 2190. The molecule has 0 atom stereocenters. The number of urea groups is 1. The van der Waals surface area contributed by atoms with Crippen LogP contribution in [0.4, 0.5) is 10.5 Å². The van der Waals surface area contributed by atoms with E-state index in [-0.39, 0.29) is 5.62 Å². The average Bonchev–Trinajstić information content (AvgIpc) is 3.47. The zero-order valence-corrected chi connectivity index (χ0v) is 26.5. The molecule has 0 saturated heterocycles. The summed E-state index contributed by atoms with van der Waals surface area (Å²) in [6.45, 7) is 5.77. The zero-order valence-electron chi connectivity index (χ0n) is 25.7. The molecule has 0 radical (unpaired) electrons. The number of anilines is 1. The molecule has 4 aromatic carbocycles. The van der Waals surface area contributed by atoms with Gasteiger partial charge >= 0.3 is 11.7 Å². The first-order chi connectivity index (χ1) is 22.3. The maximum absolute atomic E-state index is 14.5.